The van der Waals surface area contributed by atoms with E-state index >= 15 is 0 Å². The van der Waals surface area contributed by atoms with Gasteiger partial charge in [0, 0.05) is 18.4 Å². The van der Waals surface area contributed by atoms with Crippen LogP contribution in [0.3, 0.4) is 0 Å². The van der Waals surface area contributed by atoms with Crippen molar-refractivity contribution in [3.8, 4) is 0 Å². The van der Waals surface area contributed by atoms with Crippen LogP contribution in [-0.4, -0.2) is 17.6 Å². The van der Waals surface area contributed by atoms with Crippen molar-refractivity contribution in [3.63, 3.8) is 0 Å². The van der Waals surface area contributed by atoms with Crippen LogP contribution in [0, 0.1) is 11.8 Å². The highest BCUT2D eigenvalue weighted by molar-refractivity contribution is 5.97. The summed E-state index contributed by atoms with van der Waals surface area (Å²) in [5.41, 5.74) is 10.5. The van der Waals surface area contributed by atoms with Gasteiger partial charge in [0.25, 0.3) is 5.91 Å². The molecule has 4 nitrogen and oxygen atoms in total. The molecule has 140 valence electrons. The van der Waals surface area contributed by atoms with Crippen molar-refractivity contribution in [1.82, 2.24) is 10.9 Å². The number of nitrogens with one attached hydrogen (secondary N) is 2. The Morgan fingerprint density at radius 1 is 1.11 bits per heavy atom. The molecule has 0 saturated carbocycles. The number of hydrazine groups is 1. The lowest BCUT2D eigenvalue weighted by atomic mass is 9.82. The number of hydrogen-bond acceptors (Lipinski definition) is 3. The maximum Gasteiger partial charge on any atom is 0.268 e. The molecule has 3 N–H and O–H groups in total. The zero-order valence-corrected chi connectivity index (χ0v) is 15.4. The highest BCUT2D eigenvalue weighted by Gasteiger charge is 2.26. The molecule has 0 heterocycles. The fourth-order valence-corrected chi connectivity index (χ4v) is 4.10. The van der Waals surface area contributed by atoms with Crippen molar-refractivity contribution in [2.24, 2.45) is 11.8 Å². The quantitative estimate of drug-likeness (QED) is 0.510. The molecule has 0 aliphatic heterocycles. The Morgan fingerprint density at radius 3 is 2.78 bits per heavy atom. The molecule has 0 aromatic rings. The lowest BCUT2D eigenvalue weighted by molar-refractivity contribution is -0.118. The summed E-state index contributed by atoms with van der Waals surface area (Å²) >= 11 is 0. The molecule has 0 saturated heterocycles. The number of amides is 1. The molecule has 0 aromatic carbocycles. The van der Waals surface area contributed by atoms with Gasteiger partial charge in [0.15, 0.2) is 0 Å². The summed E-state index contributed by atoms with van der Waals surface area (Å²) in [4.78, 5) is 12.4. The molecule has 4 heteroatoms. The van der Waals surface area contributed by atoms with E-state index in [9.17, 15) is 9.90 Å². The fraction of sp³-hybridized carbons (Fsp3) is 0.348. The number of allylic oxidation sites excluding steroid dienone is 11. The van der Waals surface area contributed by atoms with Crippen molar-refractivity contribution < 1.29 is 9.90 Å². The third-order valence-corrected chi connectivity index (χ3v) is 5.65. The maximum absolute atomic E-state index is 12.4. The standard InChI is InChI=1S/C23H26N2O2/c26-22-15-20-8-4-3-7-19(20)14-21(22)23(27)25-24-12-11-16-9-10-17-5-1-2-6-18(17)13-16/h2-4,6-8,13-15,19-20,24,26H,1,5,9-12H2,(H,25,27)/t19?,20-/m1/s1. The van der Waals surface area contributed by atoms with Gasteiger partial charge in [-0.1, -0.05) is 59.8 Å². The predicted octanol–water partition coefficient (Wildman–Crippen LogP) is 4.10. The van der Waals surface area contributed by atoms with E-state index in [-0.39, 0.29) is 23.5 Å². The Bertz CT molecular complexity index is 836. The number of aliphatic hydroxyl groups excluding tert-OH is 1. The van der Waals surface area contributed by atoms with Gasteiger partial charge in [-0.05, 0) is 43.8 Å². The number of aliphatic hydroxyl groups is 1. The fourth-order valence-electron chi connectivity index (χ4n) is 4.10. The Balaban J connectivity index is 1.27. The summed E-state index contributed by atoms with van der Waals surface area (Å²) in [6.07, 6.45) is 23.9. The summed E-state index contributed by atoms with van der Waals surface area (Å²) < 4.78 is 0. The normalized spacial score (nSPS) is 26.0. The van der Waals surface area contributed by atoms with Crippen LogP contribution in [-0.2, 0) is 4.79 Å². The minimum atomic E-state index is -0.289. The minimum Gasteiger partial charge on any atom is -0.507 e. The second-order valence-electron chi connectivity index (χ2n) is 7.49. The van der Waals surface area contributed by atoms with Crippen LogP contribution in [0.1, 0.15) is 32.1 Å². The number of carbonyl (C=O) groups is 1. The lowest BCUT2D eigenvalue weighted by Gasteiger charge is -2.24. The van der Waals surface area contributed by atoms with Crippen LogP contribution in [0.15, 0.2) is 82.7 Å². The van der Waals surface area contributed by atoms with Gasteiger partial charge in [0.1, 0.15) is 5.76 Å². The molecular weight excluding hydrogens is 336 g/mol. The highest BCUT2D eigenvalue weighted by atomic mass is 16.3. The van der Waals surface area contributed by atoms with Crippen LogP contribution in [0.5, 0.6) is 0 Å². The van der Waals surface area contributed by atoms with E-state index in [0.29, 0.717) is 12.1 Å². The first-order valence-corrected chi connectivity index (χ1v) is 9.80. The van der Waals surface area contributed by atoms with Gasteiger partial charge < -0.3 is 5.11 Å². The largest absolute Gasteiger partial charge is 0.507 e. The van der Waals surface area contributed by atoms with Crippen molar-refractivity contribution in [2.75, 3.05) is 6.54 Å². The molecule has 0 fully saturated rings. The van der Waals surface area contributed by atoms with Crippen LogP contribution in [0.4, 0.5) is 0 Å². The third kappa shape index (κ3) is 4.06. The molecule has 4 aliphatic carbocycles. The van der Waals surface area contributed by atoms with Crippen molar-refractivity contribution in [1.29, 1.82) is 0 Å². The Kier molecular flexibility index (Phi) is 5.26. The van der Waals surface area contributed by atoms with Crippen LogP contribution in [0.2, 0.25) is 0 Å². The van der Waals surface area contributed by atoms with Crippen molar-refractivity contribution in [2.45, 2.75) is 32.1 Å². The van der Waals surface area contributed by atoms with Crippen molar-refractivity contribution >= 4 is 5.91 Å². The minimum absolute atomic E-state index is 0.0500. The summed E-state index contributed by atoms with van der Waals surface area (Å²) in [5.74, 6) is 0.0212. The first-order valence-electron chi connectivity index (χ1n) is 9.80. The molecule has 4 aliphatic rings. The highest BCUT2D eigenvalue weighted by Crippen LogP contribution is 2.32. The van der Waals surface area contributed by atoms with E-state index in [1.54, 1.807) is 11.6 Å². The second-order valence-corrected chi connectivity index (χ2v) is 7.49. The van der Waals surface area contributed by atoms with Crippen LogP contribution >= 0.6 is 0 Å². The average molecular weight is 362 g/mol. The monoisotopic (exact) mass is 362 g/mol. The van der Waals surface area contributed by atoms with Gasteiger partial charge in [0.05, 0.1) is 5.57 Å². The summed E-state index contributed by atoms with van der Waals surface area (Å²) in [6.45, 7) is 0.677. The topological polar surface area (TPSA) is 61.4 Å². The van der Waals surface area contributed by atoms with Crippen molar-refractivity contribution in [3.05, 3.63) is 82.7 Å². The molecule has 27 heavy (non-hydrogen) atoms. The number of hydrogen-bond donors (Lipinski definition) is 3. The first kappa shape index (κ1) is 17.8. The van der Waals surface area contributed by atoms with Gasteiger partial charge in [0.2, 0.25) is 0 Å². The van der Waals surface area contributed by atoms with E-state index in [4.69, 9.17) is 0 Å². The molecule has 4 rings (SSSR count). The molecule has 0 aromatic heterocycles. The van der Waals surface area contributed by atoms with Gasteiger partial charge in [-0.3, -0.25) is 10.2 Å². The van der Waals surface area contributed by atoms with Gasteiger partial charge >= 0.3 is 0 Å². The average Bonchev–Trinajstić information content (AvgIpc) is 2.70. The molecule has 0 spiro atoms. The Labute approximate surface area is 160 Å². The smallest absolute Gasteiger partial charge is 0.268 e. The van der Waals surface area contributed by atoms with E-state index < -0.39 is 0 Å². The zero-order valence-electron chi connectivity index (χ0n) is 15.4. The Hall–Kier alpha value is -2.59. The predicted molar refractivity (Wildman–Crippen MR) is 108 cm³/mol. The molecular formula is C23H26N2O2. The molecule has 2 atom stereocenters. The van der Waals surface area contributed by atoms with E-state index in [1.807, 2.05) is 30.4 Å². The summed E-state index contributed by atoms with van der Waals surface area (Å²) in [5, 5.41) is 10.2. The van der Waals surface area contributed by atoms with Gasteiger partial charge in [-0.15, -0.1) is 0 Å². The maximum atomic E-state index is 12.4. The van der Waals surface area contributed by atoms with Crippen LogP contribution in [0.25, 0.3) is 0 Å². The molecule has 1 amide bonds. The first-order chi connectivity index (χ1) is 13.2. The summed E-state index contributed by atoms with van der Waals surface area (Å²) in [7, 11) is 0. The molecule has 0 bridgehead atoms. The Morgan fingerprint density at radius 2 is 1.93 bits per heavy atom. The van der Waals surface area contributed by atoms with E-state index in [0.717, 1.165) is 19.3 Å². The third-order valence-electron chi connectivity index (χ3n) is 5.65. The molecule has 1 unspecified atom stereocenters. The number of rotatable bonds is 5. The zero-order chi connectivity index (χ0) is 18.6. The van der Waals surface area contributed by atoms with Gasteiger partial charge in [-0.25, -0.2) is 5.43 Å². The SMILES string of the molecule is O=C(NNCCC1=CC2=C(CCC=C2)CC1)C1=CC2C=CC=C[C@@H]2C=C1O. The van der Waals surface area contributed by atoms with Crippen LogP contribution < -0.4 is 10.9 Å². The van der Waals surface area contributed by atoms with Gasteiger partial charge in [-0.2, -0.15) is 0 Å². The lowest BCUT2D eigenvalue weighted by Crippen LogP contribution is -2.40. The summed E-state index contributed by atoms with van der Waals surface area (Å²) in [6, 6.07) is 0. The molecule has 0 radical (unpaired) electrons. The second kappa shape index (κ2) is 7.97. The van der Waals surface area contributed by atoms with E-state index in [1.165, 1.54) is 24.0 Å². The number of fused-ring (bicyclic) bond motifs is 1. The number of carbonyl (C=O) groups excluding carboxylic acids is 1. The van der Waals surface area contributed by atoms with E-state index in [2.05, 4.69) is 29.1 Å².